The molecule has 10 heavy (non-hydrogen) atoms. The summed E-state index contributed by atoms with van der Waals surface area (Å²) in [6, 6.07) is 0. The van der Waals surface area contributed by atoms with Gasteiger partial charge in [-0.2, -0.15) is 0 Å². The second-order valence-corrected chi connectivity index (χ2v) is 2.64. The Morgan fingerprint density at radius 2 is 2.20 bits per heavy atom. The Hall–Kier alpha value is -0.790. The third-order valence-electron chi connectivity index (χ3n) is 1.43. The lowest BCUT2D eigenvalue weighted by atomic mass is 10.4. The van der Waals surface area contributed by atoms with Crippen molar-refractivity contribution in [3.05, 3.63) is 12.3 Å². The second-order valence-electron chi connectivity index (χ2n) is 2.64. The number of aliphatic imine (C=N–C) groups is 1. The van der Waals surface area contributed by atoms with Crippen LogP contribution in [-0.4, -0.2) is 12.9 Å². The Bertz CT molecular complexity index is 168. The van der Waals surface area contributed by atoms with Crippen molar-refractivity contribution in [2.75, 3.05) is 7.05 Å². The number of ether oxygens (including phenoxy) is 1. The molecule has 0 aromatic rings. The molecule has 2 nitrogen and oxygen atoms in total. The maximum atomic E-state index is 5.28. The zero-order chi connectivity index (χ0) is 7.56. The Morgan fingerprint density at radius 1 is 1.60 bits per heavy atom. The van der Waals surface area contributed by atoms with Crippen molar-refractivity contribution in [3.63, 3.8) is 0 Å². The highest BCUT2D eigenvalue weighted by molar-refractivity contribution is 5.81. The van der Waals surface area contributed by atoms with Crippen LogP contribution in [0, 0.1) is 5.92 Å². The van der Waals surface area contributed by atoms with Crippen LogP contribution in [0.15, 0.2) is 17.3 Å². The monoisotopic (exact) mass is 139 g/mol. The molecular formula is C8H13NO. The summed E-state index contributed by atoms with van der Waals surface area (Å²) in [5, 5.41) is 0. The molecule has 0 aliphatic heterocycles. The molecule has 2 heteroatoms. The van der Waals surface area contributed by atoms with E-state index in [0.29, 0.717) is 5.92 Å². The van der Waals surface area contributed by atoms with E-state index in [1.807, 2.05) is 6.92 Å². The molecule has 56 valence electrons. The van der Waals surface area contributed by atoms with Gasteiger partial charge in [-0.05, 0) is 19.8 Å². The quantitative estimate of drug-likeness (QED) is 0.325. The van der Waals surface area contributed by atoms with E-state index < -0.39 is 0 Å². The first-order valence-corrected chi connectivity index (χ1v) is 3.54. The van der Waals surface area contributed by atoms with Crippen molar-refractivity contribution in [1.29, 1.82) is 0 Å². The molecule has 0 saturated heterocycles. The summed E-state index contributed by atoms with van der Waals surface area (Å²) in [6.45, 7) is 5.49. The first-order valence-electron chi connectivity index (χ1n) is 3.54. The van der Waals surface area contributed by atoms with Crippen molar-refractivity contribution >= 4 is 5.90 Å². The van der Waals surface area contributed by atoms with Crippen molar-refractivity contribution in [2.45, 2.75) is 19.8 Å². The summed E-state index contributed by atoms with van der Waals surface area (Å²) in [7, 11) is 1.76. The topological polar surface area (TPSA) is 21.6 Å². The molecule has 0 amide bonds. The van der Waals surface area contributed by atoms with Crippen LogP contribution in [0.25, 0.3) is 0 Å². The van der Waals surface area contributed by atoms with Crippen molar-refractivity contribution in [3.8, 4) is 0 Å². The first-order chi connectivity index (χ1) is 4.74. The Balaban J connectivity index is 2.41. The molecule has 1 aliphatic carbocycles. The zero-order valence-electron chi connectivity index (χ0n) is 6.55. The molecule has 1 rings (SSSR count). The fourth-order valence-electron chi connectivity index (χ4n) is 0.820. The fraction of sp³-hybridized carbons (Fsp3) is 0.625. The number of nitrogens with zero attached hydrogens (tertiary/aromatic N) is 1. The van der Waals surface area contributed by atoms with Gasteiger partial charge in [0.15, 0.2) is 5.90 Å². The molecule has 0 N–H and O–H groups in total. The van der Waals surface area contributed by atoms with E-state index in [0.717, 1.165) is 11.7 Å². The molecular weight excluding hydrogens is 126 g/mol. The standard InChI is InChI=1S/C8H13NO/c1-6(2)10-8(9-3)7-4-5-7/h7H,1,4-5H2,2-3H3. The second kappa shape index (κ2) is 2.86. The number of allylic oxidation sites excluding steroid dienone is 1. The van der Waals surface area contributed by atoms with Crippen molar-refractivity contribution < 1.29 is 4.74 Å². The molecule has 0 bridgehead atoms. The minimum absolute atomic E-state index is 0.585. The van der Waals surface area contributed by atoms with Gasteiger partial charge in [-0.15, -0.1) is 0 Å². The highest BCUT2D eigenvalue weighted by Gasteiger charge is 2.28. The van der Waals surface area contributed by atoms with Crippen LogP contribution in [-0.2, 0) is 4.74 Å². The van der Waals surface area contributed by atoms with E-state index in [-0.39, 0.29) is 0 Å². The van der Waals surface area contributed by atoms with E-state index in [9.17, 15) is 0 Å². The maximum Gasteiger partial charge on any atom is 0.192 e. The summed E-state index contributed by atoms with van der Waals surface area (Å²) < 4.78 is 5.28. The van der Waals surface area contributed by atoms with Crippen LogP contribution >= 0.6 is 0 Å². The average Bonchev–Trinajstić information content (AvgIpc) is 2.63. The van der Waals surface area contributed by atoms with E-state index >= 15 is 0 Å². The highest BCUT2D eigenvalue weighted by atomic mass is 16.5. The zero-order valence-corrected chi connectivity index (χ0v) is 6.55. The van der Waals surface area contributed by atoms with Crippen LogP contribution < -0.4 is 0 Å². The summed E-state index contributed by atoms with van der Waals surface area (Å²) >= 11 is 0. The minimum atomic E-state index is 0.585. The molecule has 0 spiro atoms. The SMILES string of the molecule is C=C(C)OC(=NC)C1CC1. The average molecular weight is 139 g/mol. The van der Waals surface area contributed by atoms with Crippen molar-refractivity contribution in [2.24, 2.45) is 10.9 Å². The lowest BCUT2D eigenvalue weighted by molar-refractivity contribution is 0.402. The third kappa shape index (κ3) is 1.87. The summed E-state index contributed by atoms with van der Waals surface area (Å²) in [6.07, 6.45) is 2.44. The molecule has 1 saturated carbocycles. The van der Waals surface area contributed by atoms with Gasteiger partial charge in [0, 0.05) is 13.0 Å². The first kappa shape index (κ1) is 7.32. The molecule has 1 aliphatic rings. The van der Waals surface area contributed by atoms with Gasteiger partial charge in [-0.3, -0.25) is 4.99 Å². The van der Waals surface area contributed by atoms with Crippen molar-refractivity contribution in [1.82, 2.24) is 0 Å². The number of rotatable bonds is 2. The van der Waals surface area contributed by atoms with Gasteiger partial charge in [0.1, 0.15) is 0 Å². The molecule has 0 atom stereocenters. The molecule has 0 unspecified atom stereocenters. The summed E-state index contributed by atoms with van der Waals surface area (Å²) in [4.78, 5) is 4.02. The van der Waals surface area contributed by atoms with Gasteiger partial charge in [0.25, 0.3) is 0 Å². The van der Waals surface area contributed by atoms with Gasteiger partial charge < -0.3 is 4.74 Å². The molecule has 0 aromatic heterocycles. The highest BCUT2D eigenvalue weighted by Crippen LogP contribution is 2.31. The third-order valence-corrected chi connectivity index (χ3v) is 1.43. The van der Waals surface area contributed by atoms with Crippen LogP contribution in [0.4, 0.5) is 0 Å². The fourth-order valence-corrected chi connectivity index (χ4v) is 0.820. The van der Waals surface area contributed by atoms with Gasteiger partial charge in [-0.1, -0.05) is 6.58 Å². The number of hydrogen-bond donors (Lipinski definition) is 0. The van der Waals surface area contributed by atoms with E-state index in [1.54, 1.807) is 7.05 Å². The van der Waals surface area contributed by atoms with E-state index in [2.05, 4.69) is 11.6 Å². The maximum absolute atomic E-state index is 5.28. The summed E-state index contributed by atoms with van der Waals surface area (Å²) in [5.41, 5.74) is 0. The summed E-state index contributed by atoms with van der Waals surface area (Å²) in [5.74, 6) is 2.17. The largest absolute Gasteiger partial charge is 0.448 e. The van der Waals surface area contributed by atoms with Gasteiger partial charge in [0.2, 0.25) is 0 Å². The van der Waals surface area contributed by atoms with Crippen LogP contribution in [0.2, 0.25) is 0 Å². The minimum Gasteiger partial charge on any atom is -0.448 e. The smallest absolute Gasteiger partial charge is 0.192 e. The Labute approximate surface area is 61.6 Å². The lowest BCUT2D eigenvalue weighted by Crippen LogP contribution is -2.04. The van der Waals surface area contributed by atoms with Gasteiger partial charge >= 0.3 is 0 Å². The number of hydrogen-bond acceptors (Lipinski definition) is 2. The Kier molecular flexibility index (Phi) is 2.10. The van der Waals surface area contributed by atoms with Gasteiger partial charge in [0.05, 0.1) is 5.76 Å². The van der Waals surface area contributed by atoms with E-state index in [4.69, 9.17) is 4.74 Å². The predicted octanol–water partition coefficient (Wildman–Crippen LogP) is 1.97. The Morgan fingerprint density at radius 3 is 2.50 bits per heavy atom. The predicted molar refractivity (Wildman–Crippen MR) is 42.0 cm³/mol. The molecule has 0 radical (unpaired) electrons. The van der Waals surface area contributed by atoms with Crippen LogP contribution in [0.5, 0.6) is 0 Å². The molecule has 0 heterocycles. The molecule has 1 fully saturated rings. The molecule has 0 aromatic carbocycles. The normalized spacial score (nSPS) is 18.8. The van der Waals surface area contributed by atoms with Crippen LogP contribution in [0.3, 0.4) is 0 Å². The lowest BCUT2D eigenvalue weighted by Gasteiger charge is -2.04. The van der Waals surface area contributed by atoms with E-state index in [1.165, 1.54) is 12.8 Å². The van der Waals surface area contributed by atoms with Crippen LogP contribution in [0.1, 0.15) is 19.8 Å². The van der Waals surface area contributed by atoms with Gasteiger partial charge in [-0.25, -0.2) is 0 Å².